The number of aromatic nitrogens is 2. The standard InChI is InChI=1S/C14H25N3O3/c1-10-12(14(19-4)17(2)16-10)13-11(5-7-20-13)9-15-6-8-18-3/h11,13,15H,5-9H2,1-4H3. The highest BCUT2D eigenvalue weighted by Gasteiger charge is 2.34. The molecule has 0 aromatic carbocycles. The van der Waals surface area contributed by atoms with E-state index in [0.29, 0.717) is 5.92 Å². The van der Waals surface area contributed by atoms with Gasteiger partial charge in [0.05, 0.1) is 31.1 Å². The summed E-state index contributed by atoms with van der Waals surface area (Å²) in [6.07, 6.45) is 1.12. The van der Waals surface area contributed by atoms with Gasteiger partial charge in [0.25, 0.3) is 0 Å². The highest BCUT2D eigenvalue weighted by Crippen LogP contribution is 2.40. The Bertz CT molecular complexity index is 434. The topological polar surface area (TPSA) is 57.5 Å². The van der Waals surface area contributed by atoms with E-state index in [4.69, 9.17) is 14.2 Å². The first-order valence-electron chi connectivity index (χ1n) is 7.07. The normalized spacial score (nSPS) is 22.4. The van der Waals surface area contributed by atoms with E-state index in [0.717, 1.165) is 49.9 Å². The van der Waals surface area contributed by atoms with Gasteiger partial charge in [-0.2, -0.15) is 5.10 Å². The van der Waals surface area contributed by atoms with Crippen molar-refractivity contribution in [1.82, 2.24) is 15.1 Å². The summed E-state index contributed by atoms with van der Waals surface area (Å²) in [5, 5.41) is 7.86. The first-order chi connectivity index (χ1) is 9.69. The molecule has 2 rings (SSSR count). The second-order valence-corrected chi connectivity index (χ2v) is 5.17. The van der Waals surface area contributed by atoms with Gasteiger partial charge in [0.15, 0.2) is 0 Å². The molecule has 6 heteroatoms. The molecule has 6 nitrogen and oxygen atoms in total. The minimum absolute atomic E-state index is 0.0636. The van der Waals surface area contributed by atoms with Crippen LogP contribution in [0, 0.1) is 12.8 Å². The van der Waals surface area contributed by atoms with Crippen LogP contribution in [0.2, 0.25) is 0 Å². The average Bonchev–Trinajstić information content (AvgIpc) is 2.98. The third-order valence-electron chi connectivity index (χ3n) is 3.80. The van der Waals surface area contributed by atoms with E-state index in [9.17, 15) is 0 Å². The third kappa shape index (κ3) is 3.13. The molecule has 2 heterocycles. The molecule has 0 saturated carbocycles. The minimum atomic E-state index is 0.0636. The fourth-order valence-corrected chi connectivity index (χ4v) is 2.85. The lowest BCUT2D eigenvalue weighted by Crippen LogP contribution is -2.27. The van der Waals surface area contributed by atoms with Crippen molar-refractivity contribution in [2.75, 3.05) is 40.5 Å². The quantitative estimate of drug-likeness (QED) is 0.758. The Morgan fingerprint density at radius 2 is 2.25 bits per heavy atom. The monoisotopic (exact) mass is 283 g/mol. The van der Waals surface area contributed by atoms with Crippen LogP contribution in [0.3, 0.4) is 0 Å². The Morgan fingerprint density at radius 3 is 2.95 bits per heavy atom. The number of rotatable bonds is 7. The Morgan fingerprint density at radius 1 is 1.45 bits per heavy atom. The van der Waals surface area contributed by atoms with Crippen molar-refractivity contribution < 1.29 is 14.2 Å². The van der Waals surface area contributed by atoms with Gasteiger partial charge < -0.3 is 19.5 Å². The highest BCUT2D eigenvalue weighted by molar-refractivity contribution is 5.34. The fraction of sp³-hybridized carbons (Fsp3) is 0.786. The molecule has 1 aromatic heterocycles. The molecule has 0 spiro atoms. The predicted molar refractivity (Wildman–Crippen MR) is 76.0 cm³/mol. The van der Waals surface area contributed by atoms with Crippen LogP contribution in [0.25, 0.3) is 0 Å². The maximum atomic E-state index is 5.94. The molecule has 114 valence electrons. The summed E-state index contributed by atoms with van der Waals surface area (Å²) >= 11 is 0. The van der Waals surface area contributed by atoms with Crippen LogP contribution in [0.4, 0.5) is 0 Å². The van der Waals surface area contributed by atoms with Crippen molar-refractivity contribution in [2.45, 2.75) is 19.4 Å². The molecule has 2 atom stereocenters. The molecule has 1 saturated heterocycles. The Balaban J connectivity index is 2.06. The van der Waals surface area contributed by atoms with E-state index in [1.54, 1.807) is 18.9 Å². The first-order valence-corrected chi connectivity index (χ1v) is 7.07. The van der Waals surface area contributed by atoms with Crippen molar-refractivity contribution in [2.24, 2.45) is 13.0 Å². The molecule has 0 amide bonds. The number of nitrogens with zero attached hydrogens (tertiary/aromatic N) is 2. The third-order valence-corrected chi connectivity index (χ3v) is 3.80. The van der Waals surface area contributed by atoms with E-state index >= 15 is 0 Å². The lowest BCUT2D eigenvalue weighted by Gasteiger charge is -2.20. The van der Waals surface area contributed by atoms with Gasteiger partial charge in [-0.25, -0.2) is 4.68 Å². The number of ether oxygens (including phenoxy) is 3. The molecular weight excluding hydrogens is 258 g/mol. The highest BCUT2D eigenvalue weighted by atomic mass is 16.5. The van der Waals surface area contributed by atoms with Gasteiger partial charge in [-0.15, -0.1) is 0 Å². The summed E-state index contributed by atoms with van der Waals surface area (Å²) in [5.74, 6) is 1.25. The van der Waals surface area contributed by atoms with Gasteiger partial charge in [0.1, 0.15) is 0 Å². The fourth-order valence-electron chi connectivity index (χ4n) is 2.85. The van der Waals surface area contributed by atoms with E-state index in [1.807, 2.05) is 14.0 Å². The summed E-state index contributed by atoms with van der Waals surface area (Å²) in [6, 6.07) is 0. The van der Waals surface area contributed by atoms with Crippen LogP contribution < -0.4 is 10.1 Å². The molecule has 0 radical (unpaired) electrons. The second-order valence-electron chi connectivity index (χ2n) is 5.17. The molecule has 2 unspecified atom stereocenters. The van der Waals surface area contributed by atoms with Crippen LogP contribution in [0.15, 0.2) is 0 Å². The summed E-state index contributed by atoms with van der Waals surface area (Å²) in [5.41, 5.74) is 2.07. The summed E-state index contributed by atoms with van der Waals surface area (Å²) in [6.45, 7) is 5.32. The Labute approximate surface area is 120 Å². The maximum Gasteiger partial charge on any atom is 0.217 e. The van der Waals surface area contributed by atoms with E-state index in [1.165, 1.54) is 0 Å². The Kier molecular flexibility index (Phi) is 5.39. The van der Waals surface area contributed by atoms with Gasteiger partial charge in [-0.3, -0.25) is 0 Å². The zero-order chi connectivity index (χ0) is 14.5. The second kappa shape index (κ2) is 7.06. The van der Waals surface area contributed by atoms with Crippen LogP contribution in [0.1, 0.15) is 23.8 Å². The lowest BCUT2D eigenvalue weighted by molar-refractivity contribution is 0.0868. The van der Waals surface area contributed by atoms with E-state index in [2.05, 4.69) is 10.4 Å². The van der Waals surface area contributed by atoms with Crippen LogP contribution in [0.5, 0.6) is 5.88 Å². The van der Waals surface area contributed by atoms with Crippen molar-refractivity contribution >= 4 is 0 Å². The van der Waals surface area contributed by atoms with Gasteiger partial charge in [-0.05, 0) is 13.3 Å². The number of methoxy groups -OCH3 is 2. The SMILES string of the molecule is COCCNCC1CCOC1c1c(C)nn(C)c1OC. The number of hydrogen-bond acceptors (Lipinski definition) is 5. The molecule has 1 aromatic rings. The van der Waals surface area contributed by atoms with Gasteiger partial charge >= 0.3 is 0 Å². The first kappa shape index (κ1) is 15.3. The minimum Gasteiger partial charge on any atom is -0.481 e. The van der Waals surface area contributed by atoms with Crippen molar-refractivity contribution in [3.63, 3.8) is 0 Å². The largest absolute Gasteiger partial charge is 0.481 e. The molecular formula is C14H25N3O3. The molecule has 1 N–H and O–H groups in total. The smallest absolute Gasteiger partial charge is 0.217 e. The lowest BCUT2D eigenvalue weighted by atomic mass is 9.95. The van der Waals surface area contributed by atoms with Crippen molar-refractivity contribution in [1.29, 1.82) is 0 Å². The molecule has 0 aliphatic carbocycles. The van der Waals surface area contributed by atoms with Crippen LogP contribution >= 0.6 is 0 Å². The number of aryl methyl sites for hydroxylation is 2. The summed E-state index contributed by atoms with van der Waals surface area (Å²) in [4.78, 5) is 0. The molecule has 20 heavy (non-hydrogen) atoms. The maximum absolute atomic E-state index is 5.94. The summed E-state index contributed by atoms with van der Waals surface area (Å²) < 4.78 is 18.3. The van der Waals surface area contributed by atoms with Crippen LogP contribution in [-0.2, 0) is 16.5 Å². The van der Waals surface area contributed by atoms with Crippen molar-refractivity contribution in [3.8, 4) is 5.88 Å². The van der Waals surface area contributed by atoms with Crippen molar-refractivity contribution in [3.05, 3.63) is 11.3 Å². The zero-order valence-electron chi connectivity index (χ0n) is 12.8. The summed E-state index contributed by atoms with van der Waals surface area (Å²) in [7, 11) is 5.30. The van der Waals surface area contributed by atoms with Gasteiger partial charge in [0, 0.05) is 39.8 Å². The zero-order valence-corrected chi connectivity index (χ0v) is 12.8. The average molecular weight is 283 g/mol. The number of nitrogens with one attached hydrogen (secondary N) is 1. The molecule has 1 aliphatic rings. The van der Waals surface area contributed by atoms with Gasteiger partial charge in [0.2, 0.25) is 5.88 Å². The Hall–Kier alpha value is -1.11. The molecule has 0 bridgehead atoms. The van der Waals surface area contributed by atoms with Gasteiger partial charge in [-0.1, -0.05) is 0 Å². The van der Waals surface area contributed by atoms with E-state index < -0.39 is 0 Å². The molecule has 1 aliphatic heterocycles. The van der Waals surface area contributed by atoms with E-state index in [-0.39, 0.29) is 6.10 Å². The van der Waals surface area contributed by atoms with Crippen LogP contribution in [-0.4, -0.2) is 50.3 Å². The predicted octanol–water partition coefficient (Wildman–Crippen LogP) is 1.05. The number of hydrogen-bond donors (Lipinski definition) is 1. The molecule has 1 fully saturated rings.